The van der Waals surface area contributed by atoms with Gasteiger partial charge in [0.05, 0.1) is 7.11 Å². The second-order valence-electron chi connectivity index (χ2n) is 4.31. The third-order valence-electron chi connectivity index (χ3n) is 2.76. The average Bonchev–Trinajstić information content (AvgIpc) is 2.45. The van der Waals surface area contributed by atoms with Crippen molar-refractivity contribution in [1.29, 1.82) is 0 Å². The van der Waals surface area contributed by atoms with E-state index in [4.69, 9.17) is 9.47 Å². The van der Waals surface area contributed by atoms with E-state index < -0.39 is 11.9 Å². The first-order chi connectivity index (χ1) is 9.60. The lowest BCUT2D eigenvalue weighted by atomic mass is 10.1. The Hall–Kier alpha value is -2.10. The highest BCUT2D eigenvalue weighted by atomic mass is 16.6. The molecule has 0 saturated heterocycles. The molecular formula is C16H20O4. The summed E-state index contributed by atoms with van der Waals surface area (Å²) in [5.41, 5.74) is 1.34. The van der Waals surface area contributed by atoms with Gasteiger partial charge in [0.15, 0.2) is 0 Å². The van der Waals surface area contributed by atoms with Crippen molar-refractivity contribution in [3.05, 3.63) is 35.4 Å². The number of methoxy groups -OCH3 is 1. The molecule has 0 unspecified atom stereocenters. The van der Waals surface area contributed by atoms with Crippen LogP contribution < -0.4 is 4.74 Å². The number of rotatable bonds is 6. The average molecular weight is 276 g/mol. The third kappa shape index (κ3) is 4.88. The molecule has 4 heteroatoms. The Bertz CT molecular complexity index is 486. The zero-order valence-corrected chi connectivity index (χ0v) is 12.1. The summed E-state index contributed by atoms with van der Waals surface area (Å²) >= 11 is 0. The Morgan fingerprint density at radius 3 is 2.30 bits per heavy atom. The monoisotopic (exact) mass is 276 g/mol. The Balaban J connectivity index is 2.79. The highest BCUT2D eigenvalue weighted by molar-refractivity contribution is 5.99. The summed E-state index contributed by atoms with van der Waals surface area (Å²) in [5.74, 6) is -0.297. The van der Waals surface area contributed by atoms with Crippen LogP contribution in [0.2, 0.25) is 0 Å². The van der Waals surface area contributed by atoms with Gasteiger partial charge in [-0.1, -0.05) is 26.0 Å². The van der Waals surface area contributed by atoms with Crippen molar-refractivity contribution >= 4 is 18.0 Å². The molecule has 20 heavy (non-hydrogen) atoms. The summed E-state index contributed by atoms with van der Waals surface area (Å²) in [6.45, 7) is 3.71. The summed E-state index contributed by atoms with van der Waals surface area (Å²) < 4.78 is 9.86. The standard InChI is InChI=1S/C16H20O4/c1-4-6-15(17)20-16(18)13(5-2)11-12-7-9-14(19-3)10-8-12/h7-11H,4-6H2,1-3H3. The summed E-state index contributed by atoms with van der Waals surface area (Å²) in [4.78, 5) is 23.2. The van der Waals surface area contributed by atoms with E-state index >= 15 is 0 Å². The molecule has 4 nitrogen and oxygen atoms in total. The molecule has 0 bridgehead atoms. The first-order valence-electron chi connectivity index (χ1n) is 6.70. The third-order valence-corrected chi connectivity index (χ3v) is 2.76. The van der Waals surface area contributed by atoms with Crippen LogP contribution in [0.25, 0.3) is 6.08 Å². The second kappa shape index (κ2) is 8.15. The van der Waals surface area contributed by atoms with Crippen molar-refractivity contribution < 1.29 is 19.1 Å². The highest BCUT2D eigenvalue weighted by Crippen LogP contribution is 2.16. The zero-order chi connectivity index (χ0) is 15.0. The van der Waals surface area contributed by atoms with Gasteiger partial charge in [-0.15, -0.1) is 0 Å². The minimum atomic E-state index is -0.568. The SMILES string of the molecule is CCCC(=O)OC(=O)C(=Cc1ccc(OC)cc1)CC. The number of ether oxygens (including phenoxy) is 2. The van der Waals surface area contributed by atoms with E-state index in [1.165, 1.54) is 0 Å². The Morgan fingerprint density at radius 2 is 1.80 bits per heavy atom. The van der Waals surface area contributed by atoms with Gasteiger partial charge < -0.3 is 9.47 Å². The molecule has 0 aliphatic rings. The first kappa shape index (κ1) is 16.0. The van der Waals surface area contributed by atoms with E-state index in [1.54, 1.807) is 13.2 Å². The van der Waals surface area contributed by atoms with Gasteiger partial charge in [0.25, 0.3) is 0 Å². The van der Waals surface area contributed by atoms with Crippen molar-refractivity contribution in [2.45, 2.75) is 33.1 Å². The molecule has 0 radical (unpaired) electrons. The molecule has 0 heterocycles. The maximum atomic E-state index is 11.9. The maximum Gasteiger partial charge on any atom is 0.341 e. The van der Waals surface area contributed by atoms with Crippen LogP contribution in [-0.2, 0) is 14.3 Å². The van der Waals surface area contributed by atoms with Crippen LogP contribution in [0, 0.1) is 0 Å². The van der Waals surface area contributed by atoms with Crippen LogP contribution in [0.1, 0.15) is 38.7 Å². The fourth-order valence-electron chi connectivity index (χ4n) is 1.63. The van der Waals surface area contributed by atoms with Gasteiger partial charge in [0, 0.05) is 12.0 Å². The van der Waals surface area contributed by atoms with E-state index in [0.29, 0.717) is 18.4 Å². The van der Waals surface area contributed by atoms with Crippen molar-refractivity contribution in [3.63, 3.8) is 0 Å². The Kier molecular flexibility index (Phi) is 6.50. The Labute approximate surface area is 119 Å². The number of carbonyl (C=O) groups is 2. The maximum absolute atomic E-state index is 11.9. The van der Waals surface area contributed by atoms with Gasteiger partial charge in [-0.3, -0.25) is 4.79 Å². The molecule has 1 aromatic rings. The lowest BCUT2D eigenvalue weighted by Crippen LogP contribution is -2.13. The topological polar surface area (TPSA) is 52.6 Å². The van der Waals surface area contributed by atoms with E-state index in [2.05, 4.69) is 0 Å². The lowest BCUT2D eigenvalue weighted by molar-refractivity contribution is -0.156. The van der Waals surface area contributed by atoms with Gasteiger partial charge in [0.2, 0.25) is 0 Å². The number of carbonyl (C=O) groups excluding carboxylic acids is 2. The largest absolute Gasteiger partial charge is 0.497 e. The molecule has 0 spiro atoms. The summed E-state index contributed by atoms with van der Waals surface area (Å²) in [6.07, 6.45) is 3.15. The molecule has 108 valence electrons. The fourth-order valence-corrected chi connectivity index (χ4v) is 1.63. The first-order valence-corrected chi connectivity index (χ1v) is 6.70. The molecule has 0 atom stereocenters. The number of hydrogen-bond donors (Lipinski definition) is 0. The predicted octanol–water partition coefficient (Wildman–Crippen LogP) is 3.36. The van der Waals surface area contributed by atoms with Gasteiger partial charge in [0.1, 0.15) is 5.75 Å². The van der Waals surface area contributed by atoms with Crippen LogP contribution in [0.5, 0.6) is 5.75 Å². The van der Waals surface area contributed by atoms with Crippen molar-refractivity contribution in [2.75, 3.05) is 7.11 Å². The van der Waals surface area contributed by atoms with E-state index in [-0.39, 0.29) is 6.42 Å². The number of benzene rings is 1. The van der Waals surface area contributed by atoms with E-state index in [9.17, 15) is 9.59 Å². The summed E-state index contributed by atoms with van der Waals surface area (Å²) in [7, 11) is 1.60. The van der Waals surface area contributed by atoms with Crippen molar-refractivity contribution in [3.8, 4) is 5.75 Å². The second-order valence-corrected chi connectivity index (χ2v) is 4.31. The molecule has 0 fully saturated rings. The molecule has 0 aliphatic carbocycles. The smallest absolute Gasteiger partial charge is 0.341 e. The summed E-state index contributed by atoms with van der Waals surface area (Å²) in [6, 6.07) is 7.31. The van der Waals surface area contributed by atoms with Crippen LogP contribution in [0.4, 0.5) is 0 Å². The lowest BCUT2D eigenvalue weighted by Gasteiger charge is -2.05. The zero-order valence-electron chi connectivity index (χ0n) is 12.1. The number of esters is 2. The molecule has 0 N–H and O–H groups in total. The molecule has 0 amide bonds. The van der Waals surface area contributed by atoms with E-state index in [1.807, 2.05) is 38.1 Å². The minimum Gasteiger partial charge on any atom is -0.497 e. The van der Waals surface area contributed by atoms with Crippen molar-refractivity contribution in [2.24, 2.45) is 0 Å². The Morgan fingerprint density at radius 1 is 1.15 bits per heavy atom. The molecule has 0 saturated carbocycles. The van der Waals surface area contributed by atoms with Crippen LogP contribution in [0.15, 0.2) is 29.8 Å². The minimum absolute atomic E-state index is 0.255. The molecule has 1 aromatic carbocycles. The van der Waals surface area contributed by atoms with Gasteiger partial charge >= 0.3 is 11.9 Å². The quantitative estimate of drug-likeness (QED) is 0.454. The molecular weight excluding hydrogens is 256 g/mol. The molecule has 0 aliphatic heterocycles. The fraction of sp³-hybridized carbons (Fsp3) is 0.375. The van der Waals surface area contributed by atoms with Crippen LogP contribution in [0.3, 0.4) is 0 Å². The van der Waals surface area contributed by atoms with E-state index in [0.717, 1.165) is 11.3 Å². The summed E-state index contributed by atoms with van der Waals surface area (Å²) in [5, 5.41) is 0. The van der Waals surface area contributed by atoms with Gasteiger partial charge in [-0.2, -0.15) is 0 Å². The predicted molar refractivity (Wildman–Crippen MR) is 77.3 cm³/mol. The number of hydrogen-bond acceptors (Lipinski definition) is 4. The molecule has 1 rings (SSSR count). The van der Waals surface area contributed by atoms with Crippen molar-refractivity contribution in [1.82, 2.24) is 0 Å². The molecule has 0 aromatic heterocycles. The normalized spacial score (nSPS) is 11.1. The van der Waals surface area contributed by atoms with Gasteiger partial charge in [-0.25, -0.2) is 4.79 Å². The van der Waals surface area contributed by atoms with Gasteiger partial charge in [-0.05, 0) is 36.6 Å². The highest BCUT2D eigenvalue weighted by Gasteiger charge is 2.13. The van der Waals surface area contributed by atoms with Crippen LogP contribution in [-0.4, -0.2) is 19.0 Å². The van der Waals surface area contributed by atoms with Crippen LogP contribution >= 0.6 is 0 Å².